The van der Waals surface area contributed by atoms with Crippen LogP contribution in [0.25, 0.3) is 0 Å². The normalized spacial score (nSPS) is 16.2. The molecule has 0 amide bonds. The van der Waals surface area contributed by atoms with Gasteiger partial charge in [-0.05, 0) is 42.1 Å². The van der Waals surface area contributed by atoms with Crippen molar-refractivity contribution in [2.75, 3.05) is 19.7 Å². The van der Waals surface area contributed by atoms with Crippen LogP contribution in [0.15, 0.2) is 48.5 Å². The second-order valence-corrected chi connectivity index (χ2v) is 7.38. The molecule has 1 N–H and O–H groups in total. The van der Waals surface area contributed by atoms with Gasteiger partial charge in [0.25, 0.3) is 0 Å². The first-order valence-electron chi connectivity index (χ1n) is 9.32. The molecule has 0 fully saturated rings. The number of fused-ring (bicyclic) bond motifs is 1. The van der Waals surface area contributed by atoms with Gasteiger partial charge in [0.2, 0.25) is 0 Å². The molecule has 25 heavy (non-hydrogen) atoms. The van der Waals surface area contributed by atoms with Crippen LogP contribution >= 0.6 is 0 Å². The Labute approximate surface area is 151 Å². The fraction of sp³-hybridized carbons (Fsp3) is 0.455. The molecule has 1 atom stereocenters. The number of hydrogen-bond donors (Lipinski definition) is 1. The highest BCUT2D eigenvalue weighted by Crippen LogP contribution is 2.28. The quantitative estimate of drug-likeness (QED) is 0.856. The smallest absolute Gasteiger partial charge is 0.123 e. The number of nitrogens with zero attached hydrogens (tertiary/aromatic N) is 1. The van der Waals surface area contributed by atoms with Crippen LogP contribution in [0.3, 0.4) is 0 Å². The van der Waals surface area contributed by atoms with Crippen LogP contribution in [-0.2, 0) is 13.0 Å². The summed E-state index contributed by atoms with van der Waals surface area (Å²) in [5, 5.41) is 10.6. The molecule has 0 saturated carbocycles. The molecule has 3 heteroatoms. The largest absolute Gasteiger partial charge is 0.492 e. The van der Waals surface area contributed by atoms with Gasteiger partial charge in [-0.15, -0.1) is 0 Å². The van der Waals surface area contributed by atoms with E-state index in [4.69, 9.17) is 4.74 Å². The van der Waals surface area contributed by atoms with Gasteiger partial charge in [-0.3, -0.25) is 4.90 Å². The van der Waals surface area contributed by atoms with Crippen molar-refractivity contribution in [3.05, 3.63) is 65.2 Å². The van der Waals surface area contributed by atoms with E-state index in [2.05, 4.69) is 36.9 Å². The number of ether oxygens (including phenoxy) is 1. The molecule has 3 nitrogen and oxygen atoms in total. The third-order valence-electron chi connectivity index (χ3n) is 4.82. The Balaban J connectivity index is 1.71. The Morgan fingerprint density at radius 2 is 1.92 bits per heavy atom. The highest BCUT2D eigenvalue weighted by Gasteiger charge is 2.18. The average Bonchev–Trinajstić information content (AvgIpc) is 2.82. The van der Waals surface area contributed by atoms with Crippen molar-refractivity contribution in [1.29, 1.82) is 0 Å². The zero-order chi connectivity index (χ0) is 17.6. The molecule has 2 aromatic carbocycles. The Hall–Kier alpha value is -1.84. The molecular formula is C22H29NO2. The van der Waals surface area contributed by atoms with Crippen molar-refractivity contribution in [2.45, 2.75) is 39.3 Å². The minimum Gasteiger partial charge on any atom is -0.492 e. The summed E-state index contributed by atoms with van der Waals surface area (Å²) >= 11 is 0. The van der Waals surface area contributed by atoms with Gasteiger partial charge in [-0.2, -0.15) is 0 Å². The summed E-state index contributed by atoms with van der Waals surface area (Å²) in [4.78, 5) is 2.46. The second kappa shape index (κ2) is 8.50. The van der Waals surface area contributed by atoms with Crippen molar-refractivity contribution < 1.29 is 9.84 Å². The number of benzene rings is 2. The van der Waals surface area contributed by atoms with Gasteiger partial charge in [-0.1, -0.05) is 50.2 Å². The lowest BCUT2D eigenvalue weighted by Gasteiger charge is -2.20. The van der Waals surface area contributed by atoms with Crippen molar-refractivity contribution in [3.8, 4) is 5.75 Å². The summed E-state index contributed by atoms with van der Waals surface area (Å²) in [5.41, 5.74) is 3.31. The molecule has 0 saturated heterocycles. The lowest BCUT2D eigenvalue weighted by Crippen LogP contribution is -2.27. The number of aliphatic hydroxyl groups excluding tert-OH is 1. The molecule has 1 aliphatic heterocycles. The summed E-state index contributed by atoms with van der Waals surface area (Å²) in [5.74, 6) is 1.67. The van der Waals surface area contributed by atoms with E-state index in [1.54, 1.807) is 0 Å². The van der Waals surface area contributed by atoms with Crippen molar-refractivity contribution in [1.82, 2.24) is 4.90 Å². The van der Waals surface area contributed by atoms with Crippen molar-refractivity contribution in [2.24, 2.45) is 5.92 Å². The molecular weight excluding hydrogens is 310 g/mol. The lowest BCUT2D eigenvalue weighted by molar-refractivity contribution is 0.178. The van der Waals surface area contributed by atoms with Gasteiger partial charge < -0.3 is 9.84 Å². The molecule has 0 aliphatic carbocycles. The minimum absolute atomic E-state index is 0.486. The average molecular weight is 339 g/mol. The van der Waals surface area contributed by atoms with E-state index in [0.717, 1.165) is 43.1 Å². The van der Waals surface area contributed by atoms with E-state index in [9.17, 15) is 5.11 Å². The highest BCUT2D eigenvalue weighted by molar-refractivity contribution is 5.39. The SMILES string of the molecule is CC(C)CCN1CCOc2ccc([C@H](O)Cc3ccccc3)cc2C1. The van der Waals surface area contributed by atoms with Crippen LogP contribution in [0.5, 0.6) is 5.75 Å². The number of aliphatic hydroxyl groups is 1. The van der Waals surface area contributed by atoms with Crippen molar-refractivity contribution in [3.63, 3.8) is 0 Å². The maximum absolute atomic E-state index is 10.6. The summed E-state index contributed by atoms with van der Waals surface area (Å²) < 4.78 is 5.92. The van der Waals surface area contributed by atoms with Crippen LogP contribution < -0.4 is 4.74 Å². The third-order valence-corrected chi connectivity index (χ3v) is 4.82. The van der Waals surface area contributed by atoms with Crippen LogP contribution in [-0.4, -0.2) is 29.7 Å². The Morgan fingerprint density at radius 1 is 1.12 bits per heavy atom. The molecule has 0 aromatic heterocycles. The first kappa shape index (κ1) is 18.0. The lowest BCUT2D eigenvalue weighted by atomic mass is 9.99. The first-order valence-corrected chi connectivity index (χ1v) is 9.32. The first-order chi connectivity index (χ1) is 12.1. The zero-order valence-corrected chi connectivity index (χ0v) is 15.3. The van der Waals surface area contributed by atoms with Crippen molar-refractivity contribution >= 4 is 0 Å². The van der Waals surface area contributed by atoms with Crippen LogP contribution in [0.2, 0.25) is 0 Å². The summed E-state index contributed by atoms with van der Waals surface area (Å²) in [6.45, 7) is 8.21. The van der Waals surface area contributed by atoms with Crippen LogP contribution in [0, 0.1) is 5.92 Å². The van der Waals surface area contributed by atoms with E-state index in [0.29, 0.717) is 12.3 Å². The molecule has 1 heterocycles. The van der Waals surface area contributed by atoms with Gasteiger partial charge >= 0.3 is 0 Å². The molecule has 0 radical (unpaired) electrons. The third kappa shape index (κ3) is 5.07. The van der Waals surface area contributed by atoms with Gasteiger partial charge in [0.15, 0.2) is 0 Å². The Morgan fingerprint density at radius 3 is 2.68 bits per heavy atom. The minimum atomic E-state index is -0.486. The molecule has 0 unspecified atom stereocenters. The van der Waals surface area contributed by atoms with Gasteiger partial charge in [0.1, 0.15) is 12.4 Å². The molecule has 0 bridgehead atoms. The van der Waals surface area contributed by atoms with E-state index in [1.165, 1.54) is 12.0 Å². The molecule has 2 aromatic rings. The van der Waals surface area contributed by atoms with Crippen LogP contribution in [0.1, 0.15) is 43.1 Å². The van der Waals surface area contributed by atoms with E-state index >= 15 is 0 Å². The predicted octanol–water partition coefficient (Wildman–Crippen LogP) is 4.20. The fourth-order valence-electron chi connectivity index (χ4n) is 3.26. The zero-order valence-electron chi connectivity index (χ0n) is 15.3. The number of rotatable bonds is 6. The highest BCUT2D eigenvalue weighted by atomic mass is 16.5. The van der Waals surface area contributed by atoms with Gasteiger partial charge in [0, 0.05) is 25.1 Å². The van der Waals surface area contributed by atoms with Crippen LogP contribution in [0.4, 0.5) is 0 Å². The topological polar surface area (TPSA) is 32.7 Å². The van der Waals surface area contributed by atoms with Gasteiger partial charge in [0.05, 0.1) is 6.10 Å². The standard InChI is InChI=1S/C22H29NO2/c1-17(2)10-11-23-12-13-25-22-9-8-19(15-20(22)16-23)21(24)14-18-6-4-3-5-7-18/h3-9,15,17,21,24H,10-14,16H2,1-2H3/t21-/m1/s1. The van der Waals surface area contributed by atoms with E-state index in [1.807, 2.05) is 30.3 Å². The molecule has 0 spiro atoms. The maximum atomic E-state index is 10.6. The molecule has 1 aliphatic rings. The summed E-state index contributed by atoms with van der Waals surface area (Å²) in [7, 11) is 0. The maximum Gasteiger partial charge on any atom is 0.123 e. The predicted molar refractivity (Wildman–Crippen MR) is 102 cm³/mol. The Bertz CT molecular complexity index is 669. The summed E-state index contributed by atoms with van der Waals surface area (Å²) in [6, 6.07) is 16.3. The van der Waals surface area contributed by atoms with Gasteiger partial charge in [-0.25, -0.2) is 0 Å². The van der Waals surface area contributed by atoms with E-state index < -0.39 is 6.10 Å². The number of hydrogen-bond acceptors (Lipinski definition) is 3. The monoisotopic (exact) mass is 339 g/mol. The second-order valence-electron chi connectivity index (χ2n) is 7.38. The molecule has 134 valence electrons. The summed E-state index contributed by atoms with van der Waals surface area (Å²) in [6.07, 6.45) is 1.35. The molecule has 3 rings (SSSR count). The fourth-order valence-corrected chi connectivity index (χ4v) is 3.26. The van der Waals surface area contributed by atoms with E-state index in [-0.39, 0.29) is 0 Å². The Kier molecular flexibility index (Phi) is 6.11.